The molecule has 42 heavy (non-hydrogen) atoms. The van der Waals surface area contributed by atoms with Gasteiger partial charge in [0.15, 0.2) is 34.4 Å². The molecule has 2 heterocycles. The van der Waals surface area contributed by atoms with E-state index in [9.17, 15) is 14.7 Å². The molecule has 3 aromatic carbocycles. The zero-order chi connectivity index (χ0) is 29.6. The summed E-state index contributed by atoms with van der Waals surface area (Å²) in [6.07, 6.45) is 2.43. The summed E-state index contributed by atoms with van der Waals surface area (Å²) in [4.78, 5) is 29.1. The number of carbonyl (C=O) groups is 2. The molecule has 0 radical (unpaired) electrons. The second-order valence-corrected chi connectivity index (χ2v) is 10.1. The molecule has 1 aromatic heterocycles. The highest BCUT2D eigenvalue weighted by Crippen LogP contribution is 2.42. The predicted octanol–water partition coefficient (Wildman–Crippen LogP) is 6.84. The lowest BCUT2D eigenvalue weighted by molar-refractivity contribution is -0.129. The van der Waals surface area contributed by atoms with Crippen molar-refractivity contribution in [1.82, 2.24) is 4.90 Å². The maximum Gasteiger partial charge on any atom is 0.290 e. The second kappa shape index (κ2) is 12.9. The molecular weight excluding hydrogens is 534 g/mol. The molecule has 4 aromatic rings. The highest BCUT2D eigenvalue weighted by molar-refractivity contribution is 6.16. The van der Waals surface area contributed by atoms with Crippen molar-refractivity contribution in [3.8, 4) is 17.2 Å². The predicted molar refractivity (Wildman–Crippen MR) is 159 cm³/mol. The molecule has 1 unspecified atom stereocenters. The van der Waals surface area contributed by atoms with E-state index in [-0.39, 0.29) is 17.9 Å². The molecule has 1 amide bonds. The molecule has 8 heteroatoms. The maximum absolute atomic E-state index is 14.0. The first-order valence-corrected chi connectivity index (χ1v) is 14.3. The molecule has 0 spiro atoms. The van der Waals surface area contributed by atoms with Crippen LogP contribution in [-0.2, 0) is 11.2 Å². The van der Waals surface area contributed by atoms with E-state index in [2.05, 4.69) is 6.92 Å². The second-order valence-electron chi connectivity index (χ2n) is 10.1. The summed E-state index contributed by atoms with van der Waals surface area (Å²) < 4.78 is 23.2. The largest absolute Gasteiger partial charge is 0.503 e. The molecule has 0 saturated carbocycles. The summed E-state index contributed by atoms with van der Waals surface area (Å²) in [5, 5.41) is 11.9. The number of ether oxygens (including phenoxy) is 3. The van der Waals surface area contributed by atoms with Crippen molar-refractivity contribution in [2.24, 2.45) is 0 Å². The normalized spacial score (nSPS) is 15.0. The number of carbonyl (C=O) groups excluding carboxylic acids is 2. The fourth-order valence-corrected chi connectivity index (χ4v) is 5.21. The lowest BCUT2D eigenvalue weighted by Crippen LogP contribution is -2.33. The number of hydrogen-bond donors (Lipinski definition) is 1. The third-order valence-corrected chi connectivity index (χ3v) is 7.32. The van der Waals surface area contributed by atoms with E-state index in [1.54, 1.807) is 36.4 Å². The van der Waals surface area contributed by atoms with Crippen LogP contribution in [0.1, 0.15) is 54.4 Å². The number of benzene rings is 3. The molecule has 1 aliphatic heterocycles. The lowest BCUT2D eigenvalue weighted by atomic mass is 9.94. The quantitative estimate of drug-likeness (QED) is 0.139. The van der Waals surface area contributed by atoms with Crippen LogP contribution in [-0.4, -0.2) is 48.6 Å². The first-order valence-electron chi connectivity index (χ1n) is 14.3. The van der Waals surface area contributed by atoms with Gasteiger partial charge in [0.1, 0.15) is 0 Å². The van der Waals surface area contributed by atoms with Gasteiger partial charge in [0, 0.05) is 11.9 Å². The van der Waals surface area contributed by atoms with E-state index in [1.807, 2.05) is 43.3 Å². The zero-order valence-corrected chi connectivity index (χ0v) is 24.1. The van der Waals surface area contributed by atoms with Gasteiger partial charge in [0.2, 0.25) is 5.78 Å². The van der Waals surface area contributed by atoms with Gasteiger partial charge in [-0.2, -0.15) is 0 Å². The number of ketones is 1. The monoisotopic (exact) mass is 569 g/mol. The number of furan rings is 1. The molecule has 0 bridgehead atoms. The Labute approximate surface area is 245 Å². The minimum absolute atomic E-state index is 0.00306. The number of methoxy groups -OCH3 is 1. The van der Waals surface area contributed by atoms with E-state index >= 15 is 0 Å². The topological polar surface area (TPSA) is 98.4 Å². The Morgan fingerprint density at radius 1 is 0.952 bits per heavy atom. The molecule has 1 N–H and O–H groups in total. The Bertz CT molecular complexity index is 1600. The Hall–Kier alpha value is -4.72. The number of amides is 1. The average molecular weight is 570 g/mol. The van der Waals surface area contributed by atoms with E-state index in [0.717, 1.165) is 18.4 Å². The number of para-hydroxylation sites is 1. The molecule has 1 atom stereocenters. The van der Waals surface area contributed by atoms with Crippen LogP contribution in [0.25, 0.3) is 11.0 Å². The van der Waals surface area contributed by atoms with Crippen molar-refractivity contribution in [2.45, 2.75) is 39.2 Å². The molecule has 1 aliphatic rings. The summed E-state index contributed by atoms with van der Waals surface area (Å²) in [5.41, 5.74) is 2.01. The van der Waals surface area contributed by atoms with Gasteiger partial charge < -0.3 is 28.6 Å². The van der Waals surface area contributed by atoms with E-state index in [1.165, 1.54) is 12.0 Å². The Morgan fingerprint density at radius 2 is 1.76 bits per heavy atom. The highest BCUT2D eigenvalue weighted by Gasteiger charge is 2.44. The Morgan fingerprint density at radius 3 is 2.50 bits per heavy atom. The molecular formula is C34H35NO7. The van der Waals surface area contributed by atoms with E-state index in [4.69, 9.17) is 18.6 Å². The third kappa shape index (κ3) is 5.70. The first-order chi connectivity index (χ1) is 20.5. The van der Waals surface area contributed by atoms with Gasteiger partial charge in [-0.25, -0.2) is 0 Å². The smallest absolute Gasteiger partial charge is 0.290 e. The van der Waals surface area contributed by atoms with Crippen LogP contribution in [0.2, 0.25) is 0 Å². The van der Waals surface area contributed by atoms with Crippen LogP contribution in [0.15, 0.2) is 88.5 Å². The molecule has 0 fully saturated rings. The van der Waals surface area contributed by atoms with Gasteiger partial charge >= 0.3 is 0 Å². The standard InChI is InChI=1S/C34H35NO7/c1-4-6-19-41-25-16-15-23(20-27(25)40-5-2)30-29(31(36)28-21-24-13-10-14-26(39-3)33(24)42-28)32(37)34(38)35(30)18-17-22-11-8-7-9-12-22/h7-16,20-21,30,37H,4-6,17-19H2,1-3H3. The van der Waals surface area contributed by atoms with E-state index in [0.29, 0.717) is 53.4 Å². The number of aliphatic hydroxyl groups is 1. The Kier molecular flexibility index (Phi) is 8.81. The third-order valence-electron chi connectivity index (χ3n) is 7.32. The summed E-state index contributed by atoms with van der Waals surface area (Å²) in [5.74, 6) is -0.210. The summed E-state index contributed by atoms with van der Waals surface area (Å²) in [6.45, 7) is 5.20. The summed E-state index contributed by atoms with van der Waals surface area (Å²) in [7, 11) is 1.52. The van der Waals surface area contributed by atoms with Crippen molar-refractivity contribution in [3.05, 3.63) is 101 Å². The van der Waals surface area contributed by atoms with Crippen molar-refractivity contribution in [3.63, 3.8) is 0 Å². The minimum atomic E-state index is -0.868. The van der Waals surface area contributed by atoms with Gasteiger partial charge in [0.25, 0.3) is 5.91 Å². The highest BCUT2D eigenvalue weighted by atomic mass is 16.5. The number of hydrogen-bond acceptors (Lipinski definition) is 7. The molecule has 8 nitrogen and oxygen atoms in total. The number of nitrogens with zero attached hydrogens (tertiary/aromatic N) is 1. The van der Waals surface area contributed by atoms with Crippen molar-refractivity contribution >= 4 is 22.7 Å². The van der Waals surface area contributed by atoms with Crippen LogP contribution in [0.4, 0.5) is 0 Å². The van der Waals surface area contributed by atoms with Crippen LogP contribution < -0.4 is 14.2 Å². The summed E-state index contributed by atoms with van der Waals surface area (Å²) in [6, 6.07) is 21.2. The molecule has 5 rings (SSSR count). The first kappa shape index (κ1) is 28.8. The number of unbranched alkanes of at least 4 members (excludes halogenated alkanes) is 1. The van der Waals surface area contributed by atoms with E-state index < -0.39 is 23.5 Å². The van der Waals surface area contributed by atoms with Gasteiger partial charge in [0.05, 0.1) is 31.9 Å². The van der Waals surface area contributed by atoms with Gasteiger partial charge in [-0.3, -0.25) is 9.59 Å². The Balaban J connectivity index is 1.56. The van der Waals surface area contributed by atoms with Crippen molar-refractivity contribution in [1.29, 1.82) is 0 Å². The fourth-order valence-electron chi connectivity index (χ4n) is 5.21. The number of fused-ring (bicyclic) bond motifs is 1. The van der Waals surface area contributed by atoms with Crippen molar-refractivity contribution in [2.75, 3.05) is 26.9 Å². The van der Waals surface area contributed by atoms with Crippen LogP contribution in [0.5, 0.6) is 17.2 Å². The van der Waals surface area contributed by atoms with Gasteiger partial charge in [-0.1, -0.05) is 61.9 Å². The fraction of sp³-hybridized carbons (Fsp3) is 0.294. The number of Topliss-reactive ketones (excluding diaryl/α,β-unsaturated/α-hetero) is 1. The lowest BCUT2D eigenvalue weighted by Gasteiger charge is -2.27. The average Bonchev–Trinajstić information content (AvgIpc) is 3.56. The van der Waals surface area contributed by atoms with Gasteiger partial charge in [-0.05, 0) is 55.2 Å². The van der Waals surface area contributed by atoms with Crippen LogP contribution in [0, 0.1) is 0 Å². The number of aliphatic hydroxyl groups excluding tert-OH is 1. The maximum atomic E-state index is 14.0. The summed E-state index contributed by atoms with van der Waals surface area (Å²) >= 11 is 0. The van der Waals surface area contributed by atoms with Crippen LogP contribution >= 0.6 is 0 Å². The molecule has 218 valence electrons. The minimum Gasteiger partial charge on any atom is -0.503 e. The molecule has 0 saturated heterocycles. The van der Waals surface area contributed by atoms with Gasteiger partial charge in [-0.15, -0.1) is 0 Å². The van der Waals surface area contributed by atoms with Crippen LogP contribution in [0.3, 0.4) is 0 Å². The zero-order valence-electron chi connectivity index (χ0n) is 24.1. The SMILES string of the molecule is CCCCOc1ccc(C2C(C(=O)c3cc4cccc(OC)c4o3)=C(O)C(=O)N2CCc2ccccc2)cc1OCC. The number of rotatable bonds is 13. The molecule has 0 aliphatic carbocycles. The van der Waals surface area contributed by atoms with Crippen molar-refractivity contribution < 1.29 is 33.3 Å².